The quantitative estimate of drug-likeness (QED) is 0.592. The van der Waals surface area contributed by atoms with Gasteiger partial charge in [0.2, 0.25) is 0 Å². The van der Waals surface area contributed by atoms with Crippen LogP contribution in [0.4, 0.5) is 0 Å². The van der Waals surface area contributed by atoms with Crippen molar-refractivity contribution >= 4 is 21.7 Å². The van der Waals surface area contributed by atoms with Gasteiger partial charge < -0.3 is 14.4 Å². The maximum absolute atomic E-state index is 12.6. The molecule has 0 saturated carbocycles. The van der Waals surface area contributed by atoms with Crippen LogP contribution in [0.3, 0.4) is 0 Å². The van der Waals surface area contributed by atoms with Crippen molar-refractivity contribution in [3.63, 3.8) is 0 Å². The minimum Gasteiger partial charge on any atom is -0.482 e. The summed E-state index contributed by atoms with van der Waals surface area (Å²) in [5.74, 6) is -0.129. The van der Waals surface area contributed by atoms with Crippen LogP contribution in [0.5, 0.6) is 5.75 Å². The third-order valence-corrected chi connectivity index (χ3v) is 7.06. The molecule has 0 bridgehead atoms. The number of fused-ring (bicyclic) bond motifs is 1. The molecule has 0 spiro atoms. The minimum atomic E-state index is -3.11. The lowest BCUT2D eigenvalue weighted by Crippen LogP contribution is -2.45. The molecular formula is C21H29NO6S. The molecule has 29 heavy (non-hydrogen) atoms. The number of carbonyl (C=O) groups excluding carboxylic acids is 2. The van der Waals surface area contributed by atoms with Gasteiger partial charge in [0.05, 0.1) is 11.5 Å². The zero-order chi connectivity index (χ0) is 21.0. The van der Waals surface area contributed by atoms with Crippen LogP contribution in [-0.4, -0.2) is 62.5 Å². The number of rotatable bonds is 8. The summed E-state index contributed by atoms with van der Waals surface area (Å²) in [6.07, 6.45) is 3.66. The maximum atomic E-state index is 12.6. The molecule has 160 valence electrons. The van der Waals surface area contributed by atoms with Gasteiger partial charge in [-0.15, -0.1) is 0 Å². The van der Waals surface area contributed by atoms with Crippen LogP contribution in [0, 0.1) is 5.92 Å². The van der Waals surface area contributed by atoms with E-state index >= 15 is 0 Å². The molecule has 1 aromatic rings. The van der Waals surface area contributed by atoms with Crippen molar-refractivity contribution in [1.82, 2.24) is 4.90 Å². The molecule has 8 heteroatoms. The number of hydrogen-bond donors (Lipinski definition) is 0. The highest BCUT2D eigenvalue weighted by molar-refractivity contribution is 7.91. The molecule has 1 aromatic carbocycles. The van der Waals surface area contributed by atoms with Gasteiger partial charge in [0.15, 0.2) is 23.1 Å². The lowest BCUT2D eigenvalue weighted by Gasteiger charge is -2.29. The predicted molar refractivity (Wildman–Crippen MR) is 109 cm³/mol. The molecule has 1 fully saturated rings. The second-order valence-corrected chi connectivity index (χ2v) is 10.5. The lowest BCUT2D eigenvalue weighted by atomic mass is 10.1. The monoisotopic (exact) mass is 423 g/mol. The molecule has 1 atom stereocenters. The number of carbonyl (C=O) groups is 2. The Balaban J connectivity index is 1.49. The van der Waals surface area contributed by atoms with Gasteiger partial charge >= 0.3 is 5.97 Å². The summed E-state index contributed by atoms with van der Waals surface area (Å²) in [6.45, 7) is 3.67. The average Bonchev–Trinajstić information content (AvgIpc) is 3.27. The molecule has 0 aromatic heterocycles. The van der Waals surface area contributed by atoms with Crippen LogP contribution < -0.4 is 4.74 Å². The Morgan fingerprint density at radius 3 is 2.62 bits per heavy atom. The van der Waals surface area contributed by atoms with Crippen LogP contribution in [0.2, 0.25) is 0 Å². The topological polar surface area (TPSA) is 90.0 Å². The van der Waals surface area contributed by atoms with Crippen molar-refractivity contribution in [3.05, 3.63) is 29.3 Å². The molecule has 1 aliphatic carbocycles. The number of ether oxygens (including phenoxy) is 2. The molecule has 3 rings (SSSR count). The Bertz CT molecular complexity index is 864. The number of amides is 1. The lowest BCUT2D eigenvalue weighted by molar-refractivity contribution is -0.154. The van der Waals surface area contributed by atoms with Crippen LogP contribution in [0.15, 0.2) is 18.2 Å². The first-order chi connectivity index (χ1) is 13.7. The van der Waals surface area contributed by atoms with Crippen molar-refractivity contribution in [1.29, 1.82) is 0 Å². The van der Waals surface area contributed by atoms with Crippen LogP contribution in [-0.2, 0) is 37.0 Å². The van der Waals surface area contributed by atoms with E-state index in [-0.39, 0.29) is 36.0 Å². The number of sulfone groups is 1. The third-order valence-electron chi connectivity index (χ3n) is 5.31. The molecule has 7 nitrogen and oxygen atoms in total. The molecule has 1 aliphatic heterocycles. The summed E-state index contributed by atoms with van der Waals surface area (Å²) >= 11 is 0. The van der Waals surface area contributed by atoms with Crippen LogP contribution >= 0.6 is 0 Å². The molecule has 0 unspecified atom stereocenters. The number of benzene rings is 1. The van der Waals surface area contributed by atoms with Gasteiger partial charge in [-0.05, 0) is 54.9 Å². The normalized spacial score (nSPS) is 19.8. The van der Waals surface area contributed by atoms with E-state index in [2.05, 4.69) is 0 Å². The zero-order valence-electron chi connectivity index (χ0n) is 17.1. The van der Waals surface area contributed by atoms with Gasteiger partial charge in [0.25, 0.3) is 5.91 Å². The molecule has 0 radical (unpaired) electrons. The molecule has 1 heterocycles. The van der Waals surface area contributed by atoms with Gasteiger partial charge in [0, 0.05) is 12.6 Å². The van der Waals surface area contributed by atoms with Crippen LogP contribution in [0.1, 0.15) is 37.8 Å². The van der Waals surface area contributed by atoms with Crippen molar-refractivity contribution in [2.24, 2.45) is 5.92 Å². The summed E-state index contributed by atoms with van der Waals surface area (Å²) in [5.41, 5.74) is 2.58. The maximum Gasteiger partial charge on any atom is 0.344 e. The van der Waals surface area contributed by atoms with E-state index in [9.17, 15) is 18.0 Å². The smallest absolute Gasteiger partial charge is 0.344 e. The highest BCUT2D eigenvalue weighted by Gasteiger charge is 2.35. The second kappa shape index (κ2) is 9.15. The summed E-state index contributed by atoms with van der Waals surface area (Å²) in [6, 6.07) is 5.46. The predicted octanol–water partition coefficient (Wildman–Crippen LogP) is 1.77. The first-order valence-electron chi connectivity index (χ1n) is 10.1. The Labute approximate surface area is 172 Å². The van der Waals surface area contributed by atoms with Gasteiger partial charge in [-0.25, -0.2) is 13.2 Å². The third kappa shape index (κ3) is 5.95. The standard InChI is InChI=1S/C21H29NO6S/c1-15(2)11-22(18-8-9-29(25,26)14-18)20(23)12-28-21(24)13-27-19-7-6-16-4-3-5-17(16)10-19/h6-7,10,15,18H,3-5,8-9,11-14H2,1-2H3/t18-/m1/s1. The number of aryl methyl sites for hydroxylation is 2. The van der Waals surface area contributed by atoms with E-state index in [0.29, 0.717) is 18.7 Å². The zero-order valence-corrected chi connectivity index (χ0v) is 17.9. The van der Waals surface area contributed by atoms with Crippen molar-refractivity contribution in [2.45, 2.75) is 45.6 Å². The second-order valence-electron chi connectivity index (χ2n) is 8.23. The fourth-order valence-corrected chi connectivity index (χ4v) is 5.65. The highest BCUT2D eigenvalue weighted by atomic mass is 32.2. The van der Waals surface area contributed by atoms with E-state index in [1.165, 1.54) is 11.1 Å². The Hall–Kier alpha value is -2.09. The van der Waals surface area contributed by atoms with Gasteiger partial charge in [-0.2, -0.15) is 0 Å². The van der Waals surface area contributed by atoms with E-state index in [1.807, 2.05) is 32.0 Å². The van der Waals surface area contributed by atoms with E-state index in [1.54, 1.807) is 4.90 Å². The van der Waals surface area contributed by atoms with Crippen LogP contribution in [0.25, 0.3) is 0 Å². The summed E-state index contributed by atoms with van der Waals surface area (Å²) in [4.78, 5) is 26.2. The van der Waals surface area contributed by atoms with Gasteiger partial charge in [0.1, 0.15) is 5.75 Å². The number of hydrogen-bond acceptors (Lipinski definition) is 6. The number of esters is 1. The minimum absolute atomic E-state index is 0.0269. The Morgan fingerprint density at radius 2 is 1.93 bits per heavy atom. The number of nitrogens with zero attached hydrogens (tertiary/aromatic N) is 1. The summed E-state index contributed by atoms with van der Waals surface area (Å²) in [5, 5.41) is 0. The largest absolute Gasteiger partial charge is 0.482 e. The van der Waals surface area contributed by atoms with Crippen molar-refractivity contribution in [3.8, 4) is 5.75 Å². The molecule has 0 N–H and O–H groups in total. The van der Waals surface area contributed by atoms with Crippen molar-refractivity contribution in [2.75, 3.05) is 31.3 Å². The fourth-order valence-electron chi connectivity index (χ4n) is 3.92. The molecular weight excluding hydrogens is 394 g/mol. The Kier molecular flexibility index (Phi) is 6.82. The molecule has 2 aliphatic rings. The van der Waals surface area contributed by atoms with E-state index in [4.69, 9.17) is 9.47 Å². The average molecular weight is 424 g/mol. The SMILES string of the molecule is CC(C)CN(C(=O)COC(=O)COc1ccc2c(c1)CCC2)[C@@H]1CCS(=O)(=O)C1. The summed E-state index contributed by atoms with van der Waals surface area (Å²) < 4.78 is 34.1. The highest BCUT2D eigenvalue weighted by Crippen LogP contribution is 2.26. The van der Waals surface area contributed by atoms with E-state index in [0.717, 1.165) is 19.3 Å². The molecule has 1 amide bonds. The molecule has 1 saturated heterocycles. The first kappa shape index (κ1) is 21.6. The van der Waals surface area contributed by atoms with E-state index < -0.39 is 22.4 Å². The fraction of sp³-hybridized carbons (Fsp3) is 0.619. The van der Waals surface area contributed by atoms with Gasteiger partial charge in [-0.3, -0.25) is 4.79 Å². The first-order valence-corrected chi connectivity index (χ1v) is 12.0. The van der Waals surface area contributed by atoms with Gasteiger partial charge in [-0.1, -0.05) is 19.9 Å². The summed E-state index contributed by atoms with van der Waals surface area (Å²) in [7, 11) is -3.11. The Morgan fingerprint density at radius 1 is 1.17 bits per heavy atom. The van der Waals surface area contributed by atoms with Crippen molar-refractivity contribution < 1.29 is 27.5 Å².